The van der Waals surface area contributed by atoms with Gasteiger partial charge in [-0.25, -0.2) is 0 Å². The van der Waals surface area contributed by atoms with Crippen molar-refractivity contribution in [3.05, 3.63) is 66.2 Å². The van der Waals surface area contributed by atoms with Gasteiger partial charge in [0.1, 0.15) is 12.4 Å². The maximum atomic E-state index is 12.2. The van der Waals surface area contributed by atoms with E-state index in [1.807, 2.05) is 13.0 Å². The Kier molecular flexibility index (Phi) is 8.76. The molecule has 154 valence electrons. The monoisotopic (exact) mass is 395 g/mol. The summed E-state index contributed by atoms with van der Waals surface area (Å²) < 4.78 is 5.54. The normalized spacial score (nSPS) is 10.1. The summed E-state index contributed by atoms with van der Waals surface area (Å²) in [7, 11) is 0. The van der Waals surface area contributed by atoms with E-state index in [0.29, 0.717) is 30.1 Å². The maximum Gasteiger partial charge on any atom is 0.251 e. The number of nitrogens with one attached hydrogen (secondary N) is 3. The number of hydrogen-bond donors (Lipinski definition) is 3. The molecule has 2 amide bonds. The van der Waals surface area contributed by atoms with Crippen molar-refractivity contribution in [3.8, 4) is 5.75 Å². The zero-order valence-electron chi connectivity index (χ0n) is 17.1. The first-order valence-electron chi connectivity index (χ1n) is 9.77. The number of unbranched alkanes of at least 4 members (excludes halogenated alkanes) is 1. The molecule has 0 aliphatic rings. The van der Waals surface area contributed by atoms with E-state index in [1.165, 1.54) is 0 Å². The molecular formula is C23H29N3O3. The zero-order chi connectivity index (χ0) is 21.1. The summed E-state index contributed by atoms with van der Waals surface area (Å²) in [5.74, 6) is 0.428. The highest BCUT2D eigenvalue weighted by Crippen LogP contribution is 2.16. The standard InChI is InChI=1S/C23H29N3O3/c1-4-5-13-24-23(28)18-7-6-8-20(14-18)25-15-22(27)26-19-9-11-21(12-10-19)29-16-17(2)3/h6-12,14,25H,2,4-5,13,15-16H2,1,3H3,(H,24,28)(H,26,27). The van der Waals surface area contributed by atoms with Gasteiger partial charge in [0.2, 0.25) is 5.91 Å². The first-order valence-corrected chi connectivity index (χ1v) is 9.77. The van der Waals surface area contributed by atoms with Gasteiger partial charge in [0.25, 0.3) is 5.91 Å². The van der Waals surface area contributed by atoms with Gasteiger partial charge in [0.05, 0.1) is 6.54 Å². The fourth-order valence-electron chi connectivity index (χ4n) is 2.48. The Morgan fingerprint density at radius 3 is 2.52 bits per heavy atom. The average molecular weight is 396 g/mol. The minimum atomic E-state index is -0.182. The molecule has 0 radical (unpaired) electrons. The molecule has 2 aromatic carbocycles. The van der Waals surface area contributed by atoms with Crippen molar-refractivity contribution in [1.82, 2.24) is 5.32 Å². The lowest BCUT2D eigenvalue weighted by atomic mass is 10.2. The second kappa shape index (κ2) is 11.5. The molecule has 2 rings (SSSR count). The summed E-state index contributed by atoms with van der Waals surface area (Å²) in [6.07, 6.45) is 1.98. The van der Waals surface area contributed by atoms with Crippen LogP contribution in [0.4, 0.5) is 11.4 Å². The summed E-state index contributed by atoms with van der Waals surface area (Å²) in [5, 5.41) is 8.75. The molecule has 2 aromatic rings. The number of carbonyl (C=O) groups is 2. The molecular weight excluding hydrogens is 366 g/mol. The van der Waals surface area contributed by atoms with Crippen LogP contribution in [0.5, 0.6) is 5.75 Å². The summed E-state index contributed by atoms with van der Waals surface area (Å²) in [4.78, 5) is 24.3. The zero-order valence-corrected chi connectivity index (χ0v) is 17.1. The molecule has 0 spiro atoms. The summed E-state index contributed by atoms with van der Waals surface area (Å²) >= 11 is 0. The fraction of sp³-hybridized carbons (Fsp3) is 0.304. The van der Waals surface area contributed by atoms with Crippen molar-refractivity contribution in [3.63, 3.8) is 0 Å². The lowest BCUT2D eigenvalue weighted by molar-refractivity contribution is -0.114. The average Bonchev–Trinajstić information content (AvgIpc) is 2.72. The van der Waals surface area contributed by atoms with Crippen LogP contribution >= 0.6 is 0 Å². The number of anilines is 2. The summed E-state index contributed by atoms with van der Waals surface area (Å²) in [6, 6.07) is 14.3. The van der Waals surface area contributed by atoms with Crippen LogP contribution in [0, 0.1) is 0 Å². The van der Waals surface area contributed by atoms with Gasteiger partial charge in [0.15, 0.2) is 0 Å². The van der Waals surface area contributed by atoms with Crippen LogP contribution in [0.2, 0.25) is 0 Å². The predicted molar refractivity (Wildman–Crippen MR) is 118 cm³/mol. The molecule has 3 N–H and O–H groups in total. The van der Waals surface area contributed by atoms with Crippen LogP contribution in [-0.2, 0) is 4.79 Å². The number of carbonyl (C=O) groups excluding carboxylic acids is 2. The molecule has 0 heterocycles. The third kappa shape index (κ3) is 8.09. The molecule has 6 nitrogen and oxygen atoms in total. The number of ether oxygens (including phenoxy) is 1. The van der Waals surface area contributed by atoms with Crippen LogP contribution < -0.4 is 20.7 Å². The summed E-state index contributed by atoms with van der Waals surface area (Å²) in [5.41, 5.74) is 2.91. The van der Waals surface area contributed by atoms with Gasteiger partial charge < -0.3 is 20.7 Å². The van der Waals surface area contributed by atoms with Crippen molar-refractivity contribution >= 4 is 23.2 Å². The van der Waals surface area contributed by atoms with Crippen LogP contribution in [0.3, 0.4) is 0 Å². The number of benzene rings is 2. The first-order chi connectivity index (χ1) is 14.0. The van der Waals surface area contributed by atoms with E-state index in [1.54, 1.807) is 42.5 Å². The minimum Gasteiger partial charge on any atom is -0.489 e. The Bertz CT molecular complexity index is 832. The van der Waals surface area contributed by atoms with Crippen LogP contribution in [0.15, 0.2) is 60.7 Å². The van der Waals surface area contributed by atoms with E-state index in [0.717, 1.165) is 24.2 Å². The molecule has 0 aliphatic heterocycles. The van der Waals surface area contributed by atoms with Gasteiger partial charge >= 0.3 is 0 Å². The fourth-order valence-corrected chi connectivity index (χ4v) is 2.48. The lowest BCUT2D eigenvalue weighted by Crippen LogP contribution is -2.25. The second-order valence-corrected chi connectivity index (χ2v) is 6.86. The molecule has 0 fully saturated rings. The van der Waals surface area contributed by atoms with Crippen LogP contribution in [-0.4, -0.2) is 31.5 Å². The smallest absolute Gasteiger partial charge is 0.251 e. The molecule has 6 heteroatoms. The van der Waals surface area contributed by atoms with Crippen molar-refractivity contribution in [2.75, 3.05) is 30.3 Å². The van der Waals surface area contributed by atoms with Gasteiger partial charge in [-0.2, -0.15) is 0 Å². The maximum absolute atomic E-state index is 12.2. The van der Waals surface area contributed by atoms with E-state index < -0.39 is 0 Å². The lowest BCUT2D eigenvalue weighted by Gasteiger charge is -2.10. The third-order valence-corrected chi connectivity index (χ3v) is 4.02. The number of rotatable bonds is 11. The molecule has 0 unspecified atom stereocenters. The Labute approximate surface area is 172 Å². The van der Waals surface area contributed by atoms with Gasteiger partial charge in [0, 0.05) is 23.5 Å². The number of amides is 2. The molecule has 0 aliphatic carbocycles. The van der Waals surface area contributed by atoms with E-state index in [2.05, 4.69) is 29.5 Å². The SMILES string of the molecule is C=C(C)COc1ccc(NC(=O)CNc2cccc(C(=O)NCCCC)c2)cc1. The van der Waals surface area contributed by atoms with Gasteiger partial charge in [-0.1, -0.05) is 26.0 Å². The molecule has 0 saturated heterocycles. The van der Waals surface area contributed by atoms with E-state index >= 15 is 0 Å². The van der Waals surface area contributed by atoms with E-state index in [-0.39, 0.29) is 18.4 Å². The van der Waals surface area contributed by atoms with Crippen molar-refractivity contribution < 1.29 is 14.3 Å². The van der Waals surface area contributed by atoms with Crippen LogP contribution in [0.25, 0.3) is 0 Å². The van der Waals surface area contributed by atoms with E-state index in [4.69, 9.17) is 4.74 Å². The van der Waals surface area contributed by atoms with Crippen LogP contribution in [0.1, 0.15) is 37.0 Å². The highest BCUT2D eigenvalue weighted by molar-refractivity contribution is 5.96. The summed E-state index contributed by atoms with van der Waals surface area (Å²) in [6.45, 7) is 8.98. The first kappa shape index (κ1) is 22.0. The molecule has 29 heavy (non-hydrogen) atoms. The molecule has 0 saturated carbocycles. The Morgan fingerprint density at radius 2 is 1.83 bits per heavy atom. The van der Waals surface area contributed by atoms with E-state index in [9.17, 15) is 9.59 Å². The number of hydrogen-bond acceptors (Lipinski definition) is 4. The quantitative estimate of drug-likeness (QED) is 0.393. The van der Waals surface area contributed by atoms with Gasteiger partial charge in [-0.05, 0) is 61.4 Å². The Morgan fingerprint density at radius 1 is 1.07 bits per heavy atom. The van der Waals surface area contributed by atoms with Crippen molar-refractivity contribution in [1.29, 1.82) is 0 Å². The Balaban J connectivity index is 1.82. The largest absolute Gasteiger partial charge is 0.489 e. The van der Waals surface area contributed by atoms with Gasteiger partial charge in [-0.15, -0.1) is 0 Å². The highest BCUT2D eigenvalue weighted by Gasteiger charge is 2.07. The van der Waals surface area contributed by atoms with Gasteiger partial charge in [-0.3, -0.25) is 9.59 Å². The topological polar surface area (TPSA) is 79.5 Å². The van der Waals surface area contributed by atoms with Crippen molar-refractivity contribution in [2.24, 2.45) is 0 Å². The minimum absolute atomic E-state index is 0.0921. The highest BCUT2D eigenvalue weighted by atomic mass is 16.5. The second-order valence-electron chi connectivity index (χ2n) is 6.86. The molecule has 0 aromatic heterocycles. The molecule has 0 bridgehead atoms. The Hall–Kier alpha value is -3.28. The third-order valence-electron chi connectivity index (χ3n) is 4.02. The molecule has 0 atom stereocenters. The predicted octanol–water partition coefficient (Wildman–Crippen LogP) is 4.22. The van der Waals surface area contributed by atoms with Crippen molar-refractivity contribution in [2.45, 2.75) is 26.7 Å².